The van der Waals surface area contributed by atoms with Crippen molar-refractivity contribution in [1.82, 2.24) is 5.32 Å². The molecule has 0 fully saturated rings. The van der Waals surface area contributed by atoms with Crippen molar-refractivity contribution in [2.45, 2.75) is 13.3 Å². The first kappa shape index (κ1) is 10.9. The van der Waals surface area contributed by atoms with Crippen LogP contribution in [0.5, 0.6) is 0 Å². The summed E-state index contributed by atoms with van der Waals surface area (Å²) in [5, 5.41) is 2.76. The molecular formula is C11H14FNO. The topological polar surface area (TPSA) is 29.1 Å². The van der Waals surface area contributed by atoms with E-state index < -0.39 is 0 Å². The number of benzene rings is 1. The minimum atomic E-state index is -0.360. The molecule has 0 saturated heterocycles. The maximum absolute atomic E-state index is 12.9. The number of hydrogen-bond acceptors (Lipinski definition) is 2. The predicted octanol–water partition coefficient (Wildman–Crippen LogP) is 1.79. The Labute approximate surface area is 83.1 Å². The van der Waals surface area contributed by atoms with Crippen LogP contribution in [-0.4, -0.2) is 19.4 Å². The zero-order chi connectivity index (χ0) is 10.6. The van der Waals surface area contributed by atoms with Crippen molar-refractivity contribution in [3.63, 3.8) is 0 Å². The molecule has 1 aromatic carbocycles. The highest BCUT2D eigenvalue weighted by Crippen LogP contribution is 2.12. The van der Waals surface area contributed by atoms with Crippen LogP contribution in [0.2, 0.25) is 0 Å². The predicted molar refractivity (Wildman–Crippen MR) is 54.0 cm³/mol. The Morgan fingerprint density at radius 1 is 1.50 bits per heavy atom. The van der Waals surface area contributed by atoms with E-state index in [1.54, 1.807) is 13.1 Å². The molecule has 1 rings (SSSR count). The molecular weight excluding hydrogens is 181 g/mol. The average molecular weight is 195 g/mol. The van der Waals surface area contributed by atoms with Gasteiger partial charge in [0.15, 0.2) is 5.78 Å². The number of carbonyl (C=O) groups excluding carboxylic acids is 1. The van der Waals surface area contributed by atoms with Crippen molar-refractivity contribution in [3.05, 3.63) is 35.1 Å². The summed E-state index contributed by atoms with van der Waals surface area (Å²) < 4.78 is 12.9. The van der Waals surface area contributed by atoms with Gasteiger partial charge in [0.25, 0.3) is 0 Å². The minimum Gasteiger partial charge on any atom is -0.313 e. The van der Waals surface area contributed by atoms with Crippen LogP contribution in [0, 0.1) is 5.82 Å². The fourth-order valence-corrected chi connectivity index (χ4v) is 1.37. The lowest BCUT2D eigenvalue weighted by molar-refractivity contribution is 0.0992. The summed E-state index contributed by atoms with van der Waals surface area (Å²) in [5.74, 6) is -0.425. The molecule has 0 radical (unpaired) electrons. The second-order valence-electron chi connectivity index (χ2n) is 3.11. The quantitative estimate of drug-likeness (QED) is 0.742. The Morgan fingerprint density at radius 3 is 2.79 bits per heavy atom. The Kier molecular flexibility index (Phi) is 3.77. The Morgan fingerprint density at radius 2 is 2.21 bits per heavy atom. The van der Waals surface area contributed by atoms with Gasteiger partial charge in [0, 0.05) is 5.56 Å². The number of rotatable bonds is 4. The second-order valence-corrected chi connectivity index (χ2v) is 3.11. The van der Waals surface area contributed by atoms with E-state index in [-0.39, 0.29) is 18.1 Å². The largest absolute Gasteiger partial charge is 0.313 e. The molecule has 0 aliphatic heterocycles. The van der Waals surface area contributed by atoms with Crippen LogP contribution in [0.4, 0.5) is 4.39 Å². The number of nitrogens with one attached hydrogen (secondary N) is 1. The number of hydrogen-bond donors (Lipinski definition) is 1. The number of ketones is 1. The normalized spacial score (nSPS) is 10.2. The summed E-state index contributed by atoms with van der Waals surface area (Å²) in [5.41, 5.74) is 1.38. The van der Waals surface area contributed by atoms with Crippen molar-refractivity contribution >= 4 is 5.78 Å². The van der Waals surface area contributed by atoms with Gasteiger partial charge in [-0.15, -0.1) is 0 Å². The van der Waals surface area contributed by atoms with Crippen molar-refractivity contribution < 1.29 is 9.18 Å². The Hall–Kier alpha value is -1.22. The number of carbonyl (C=O) groups is 1. The molecule has 1 N–H and O–H groups in total. The Bertz CT molecular complexity index is 336. The molecule has 14 heavy (non-hydrogen) atoms. The number of Topliss-reactive ketones (excluding diaryl/α,β-unsaturated/α-hetero) is 1. The SMILES string of the molecule is CCc1ccc(F)cc1C(=O)CNC. The van der Waals surface area contributed by atoms with Crippen molar-refractivity contribution in [2.75, 3.05) is 13.6 Å². The molecule has 0 amide bonds. The summed E-state index contributed by atoms with van der Waals surface area (Å²) in [4.78, 5) is 11.5. The minimum absolute atomic E-state index is 0.0659. The third-order valence-electron chi connectivity index (χ3n) is 2.09. The van der Waals surface area contributed by atoms with Gasteiger partial charge in [0.05, 0.1) is 6.54 Å². The van der Waals surface area contributed by atoms with E-state index in [4.69, 9.17) is 0 Å². The highest BCUT2D eigenvalue weighted by molar-refractivity contribution is 5.98. The summed E-state index contributed by atoms with van der Waals surface area (Å²) in [6.45, 7) is 2.19. The molecule has 76 valence electrons. The van der Waals surface area contributed by atoms with Crippen LogP contribution in [0.1, 0.15) is 22.8 Å². The molecule has 0 unspecified atom stereocenters. The first-order valence-electron chi connectivity index (χ1n) is 4.65. The molecule has 3 heteroatoms. The molecule has 0 saturated carbocycles. The molecule has 0 aliphatic rings. The van der Waals surface area contributed by atoms with Crippen LogP contribution in [0.15, 0.2) is 18.2 Å². The summed E-state index contributed by atoms with van der Waals surface area (Å²) in [7, 11) is 1.70. The second kappa shape index (κ2) is 4.86. The van der Waals surface area contributed by atoms with Gasteiger partial charge >= 0.3 is 0 Å². The van der Waals surface area contributed by atoms with Gasteiger partial charge in [0.2, 0.25) is 0 Å². The van der Waals surface area contributed by atoms with Crippen LogP contribution >= 0.6 is 0 Å². The molecule has 0 bridgehead atoms. The van der Waals surface area contributed by atoms with E-state index in [2.05, 4.69) is 5.32 Å². The van der Waals surface area contributed by atoms with Gasteiger partial charge < -0.3 is 5.32 Å². The summed E-state index contributed by atoms with van der Waals surface area (Å²) in [6.07, 6.45) is 0.741. The van der Waals surface area contributed by atoms with E-state index >= 15 is 0 Å². The van der Waals surface area contributed by atoms with E-state index in [1.807, 2.05) is 6.92 Å². The van der Waals surface area contributed by atoms with Crippen LogP contribution in [0.25, 0.3) is 0 Å². The third kappa shape index (κ3) is 2.39. The molecule has 1 aromatic rings. The molecule has 0 atom stereocenters. The fourth-order valence-electron chi connectivity index (χ4n) is 1.37. The molecule has 0 spiro atoms. The average Bonchev–Trinajstić information content (AvgIpc) is 2.18. The monoisotopic (exact) mass is 195 g/mol. The lowest BCUT2D eigenvalue weighted by Gasteiger charge is -2.06. The molecule has 0 aliphatic carbocycles. The van der Waals surface area contributed by atoms with Gasteiger partial charge in [0.1, 0.15) is 5.82 Å². The van der Waals surface area contributed by atoms with E-state index in [0.29, 0.717) is 5.56 Å². The van der Waals surface area contributed by atoms with Crippen LogP contribution in [0.3, 0.4) is 0 Å². The van der Waals surface area contributed by atoms with Crippen LogP contribution in [-0.2, 0) is 6.42 Å². The zero-order valence-electron chi connectivity index (χ0n) is 8.43. The number of likely N-dealkylation sites (N-methyl/N-ethyl adjacent to an activating group) is 1. The maximum atomic E-state index is 12.9. The first-order chi connectivity index (χ1) is 6.69. The summed E-state index contributed by atoms with van der Waals surface area (Å²) >= 11 is 0. The smallest absolute Gasteiger partial charge is 0.176 e. The van der Waals surface area contributed by atoms with Crippen LogP contribution < -0.4 is 5.32 Å². The van der Waals surface area contributed by atoms with Gasteiger partial charge in [-0.2, -0.15) is 0 Å². The lowest BCUT2D eigenvalue weighted by Crippen LogP contribution is -2.19. The fraction of sp³-hybridized carbons (Fsp3) is 0.364. The molecule has 2 nitrogen and oxygen atoms in total. The highest BCUT2D eigenvalue weighted by Gasteiger charge is 2.10. The number of aryl methyl sites for hydroxylation is 1. The first-order valence-corrected chi connectivity index (χ1v) is 4.65. The van der Waals surface area contributed by atoms with Gasteiger partial charge in [-0.3, -0.25) is 4.79 Å². The maximum Gasteiger partial charge on any atom is 0.176 e. The number of halogens is 1. The molecule has 0 aromatic heterocycles. The van der Waals surface area contributed by atoms with Crippen molar-refractivity contribution in [2.24, 2.45) is 0 Å². The Balaban J connectivity index is 3.03. The standard InChI is InChI=1S/C11H14FNO/c1-3-8-4-5-9(12)6-10(8)11(14)7-13-2/h4-6,13H,3,7H2,1-2H3. The third-order valence-corrected chi connectivity index (χ3v) is 2.09. The van der Waals surface area contributed by atoms with Gasteiger partial charge in [-0.05, 0) is 31.2 Å². The highest BCUT2D eigenvalue weighted by atomic mass is 19.1. The zero-order valence-corrected chi connectivity index (χ0v) is 8.43. The van der Waals surface area contributed by atoms with Gasteiger partial charge in [-0.25, -0.2) is 4.39 Å². The van der Waals surface area contributed by atoms with Crippen molar-refractivity contribution in [3.8, 4) is 0 Å². The van der Waals surface area contributed by atoms with Crippen molar-refractivity contribution in [1.29, 1.82) is 0 Å². The molecule has 0 heterocycles. The van der Waals surface area contributed by atoms with Gasteiger partial charge in [-0.1, -0.05) is 13.0 Å². The van der Waals surface area contributed by atoms with E-state index in [0.717, 1.165) is 12.0 Å². The summed E-state index contributed by atoms with van der Waals surface area (Å²) in [6, 6.07) is 4.35. The lowest BCUT2D eigenvalue weighted by atomic mass is 10.0. The van der Waals surface area contributed by atoms with E-state index in [1.165, 1.54) is 12.1 Å². The van der Waals surface area contributed by atoms with E-state index in [9.17, 15) is 9.18 Å².